The van der Waals surface area contributed by atoms with Gasteiger partial charge in [0.05, 0.1) is 12.2 Å². The van der Waals surface area contributed by atoms with Crippen LogP contribution in [0.15, 0.2) is 30.3 Å². The predicted octanol–water partition coefficient (Wildman–Crippen LogP) is 3.29. The van der Waals surface area contributed by atoms with Crippen LogP contribution in [0.1, 0.15) is 51.4 Å². The Kier molecular flexibility index (Phi) is 4.72. The molecule has 4 nitrogen and oxygen atoms in total. The first-order valence-electron chi connectivity index (χ1n) is 9.81. The zero-order valence-corrected chi connectivity index (χ0v) is 14.8. The van der Waals surface area contributed by atoms with E-state index in [4.69, 9.17) is 4.74 Å². The highest BCUT2D eigenvalue weighted by molar-refractivity contribution is 5.76. The number of rotatable bonds is 6. The maximum Gasteiger partial charge on any atom is 0.220 e. The average molecular weight is 343 g/mol. The van der Waals surface area contributed by atoms with E-state index in [0.29, 0.717) is 30.8 Å². The standard InChI is InChI=1S/C21H29NO3/c23-20(7-4-10-25-17-5-2-1-3-6-17)22-19-9-8-15-11-16-13-21(24,12-15)14-18(16)19/h1-3,5-6,15-16,18-19,24H,4,7-14H2,(H,22,23). The summed E-state index contributed by atoms with van der Waals surface area (Å²) in [5.74, 6) is 2.73. The lowest BCUT2D eigenvalue weighted by Gasteiger charge is -2.33. The van der Waals surface area contributed by atoms with Crippen molar-refractivity contribution < 1.29 is 14.6 Å². The molecule has 0 aliphatic heterocycles. The number of hydrogen-bond acceptors (Lipinski definition) is 3. The minimum Gasteiger partial charge on any atom is -0.494 e. The van der Waals surface area contributed by atoms with E-state index in [0.717, 1.165) is 44.3 Å². The van der Waals surface area contributed by atoms with Crippen molar-refractivity contribution in [2.45, 2.75) is 63.0 Å². The second kappa shape index (κ2) is 6.99. The molecule has 136 valence electrons. The van der Waals surface area contributed by atoms with Crippen LogP contribution in [0.5, 0.6) is 5.75 Å². The van der Waals surface area contributed by atoms with Crippen molar-refractivity contribution in [3.05, 3.63) is 30.3 Å². The van der Waals surface area contributed by atoms with E-state index in [-0.39, 0.29) is 11.9 Å². The molecule has 0 spiro atoms. The summed E-state index contributed by atoms with van der Waals surface area (Å²) in [4.78, 5) is 12.4. The van der Waals surface area contributed by atoms with Crippen molar-refractivity contribution in [2.75, 3.05) is 6.61 Å². The number of aliphatic hydroxyl groups is 1. The highest BCUT2D eigenvalue weighted by atomic mass is 16.5. The van der Waals surface area contributed by atoms with Crippen LogP contribution in [0.3, 0.4) is 0 Å². The second-order valence-electron chi connectivity index (χ2n) is 8.38. The Morgan fingerprint density at radius 1 is 1.20 bits per heavy atom. The Hall–Kier alpha value is -1.55. The number of carbonyl (C=O) groups is 1. The summed E-state index contributed by atoms with van der Waals surface area (Å²) >= 11 is 0. The molecular weight excluding hydrogens is 314 g/mol. The molecule has 4 heteroatoms. The summed E-state index contributed by atoms with van der Waals surface area (Å²) in [6.45, 7) is 0.565. The van der Waals surface area contributed by atoms with E-state index in [2.05, 4.69) is 5.32 Å². The fraction of sp³-hybridized carbons (Fsp3) is 0.667. The van der Waals surface area contributed by atoms with Crippen molar-refractivity contribution >= 4 is 5.91 Å². The van der Waals surface area contributed by atoms with Crippen LogP contribution in [0.2, 0.25) is 0 Å². The number of hydrogen-bond donors (Lipinski definition) is 2. The van der Waals surface area contributed by atoms with Gasteiger partial charge in [-0.1, -0.05) is 18.2 Å². The zero-order valence-electron chi connectivity index (χ0n) is 14.8. The molecule has 1 amide bonds. The maximum atomic E-state index is 12.4. The lowest BCUT2D eigenvalue weighted by molar-refractivity contribution is -0.122. The van der Waals surface area contributed by atoms with Gasteiger partial charge in [0, 0.05) is 12.5 Å². The van der Waals surface area contributed by atoms with Crippen molar-refractivity contribution in [1.82, 2.24) is 5.32 Å². The molecule has 0 heterocycles. The molecule has 3 bridgehead atoms. The summed E-state index contributed by atoms with van der Waals surface area (Å²) in [5.41, 5.74) is -0.439. The lowest BCUT2D eigenvalue weighted by Crippen LogP contribution is -2.42. The van der Waals surface area contributed by atoms with E-state index in [9.17, 15) is 9.90 Å². The molecular formula is C21H29NO3. The van der Waals surface area contributed by atoms with E-state index in [1.54, 1.807) is 0 Å². The van der Waals surface area contributed by atoms with Crippen LogP contribution in [0.4, 0.5) is 0 Å². The first-order valence-corrected chi connectivity index (χ1v) is 9.81. The zero-order chi connectivity index (χ0) is 17.3. The normalized spacial score (nSPS) is 36.0. The van der Waals surface area contributed by atoms with Crippen LogP contribution in [-0.4, -0.2) is 29.3 Å². The van der Waals surface area contributed by atoms with Crippen molar-refractivity contribution in [1.29, 1.82) is 0 Å². The molecule has 3 aliphatic rings. The van der Waals surface area contributed by atoms with Crippen LogP contribution in [0.25, 0.3) is 0 Å². The van der Waals surface area contributed by atoms with Crippen molar-refractivity contribution in [3.63, 3.8) is 0 Å². The Balaban J connectivity index is 1.24. The van der Waals surface area contributed by atoms with Crippen LogP contribution in [-0.2, 0) is 4.79 Å². The minimum absolute atomic E-state index is 0.134. The molecule has 1 aromatic carbocycles. The van der Waals surface area contributed by atoms with Gasteiger partial charge in [-0.3, -0.25) is 4.79 Å². The Bertz CT molecular complexity index is 604. The molecule has 4 rings (SSSR count). The molecule has 3 saturated carbocycles. The molecule has 1 aromatic rings. The smallest absolute Gasteiger partial charge is 0.220 e. The van der Waals surface area contributed by atoms with Crippen LogP contribution in [0, 0.1) is 17.8 Å². The molecule has 3 fully saturated rings. The molecule has 3 aliphatic carbocycles. The molecule has 2 N–H and O–H groups in total. The summed E-state index contributed by atoms with van der Waals surface area (Å²) in [7, 11) is 0. The van der Waals surface area contributed by atoms with Crippen molar-refractivity contribution in [3.8, 4) is 5.75 Å². The van der Waals surface area contributed by atoms with Crippen LogP contribution >= 0.6 is 0 Å². The van der Waals surface area contributed by atoms with Crippen LogP contribution < -0.4 is 10.1 Å². The van der Waals surface area contributed by atoms with E-state index in [1.165, 1.54) is 6.42 Å². The number of amides is 1. The minimum atomic E-state index is -0.439. The monoisotopic (exact) mass is 343 g/mol. The number of benzene rings is 1. The Morgan fingerprint density at radius 2 is 2.04 bits per heavy atom. The highest BCUT2D eigenvalue weighted by Crippen LogP contribution is 2.55. The average Bonchev–Trinajstić information content (AvgIpc) is 2.78. The van der Waals surface area contributed by atoms with Gasteiger partial charge in [-0.2, -0.15) is 0 Å². The van der Waals surface area contributed by atoms with Gasteiger partial charge < -0.3 is 15.2 Å². The van der Waals surface area contributed by atoms with E-state index in [1.807, 2.05) is 30.3 Å². The third kappa shape index (κ3) is 3.84. The summed E-state index contributed by atoms with van der Waals surface area (Å²) < 4.78 is 5.66. The number of carbonyl (C=O) groups excluding carboxylic acids is 1. The maximum absolute atomic E-state index is 12.4. The van der Waals surface area contributed by atoms with Gasteiger partial charge in [0.1, 0.15) is 5.75 Å². The van der Waals surface area contributed by atoms with Gasteiger partial charge in [0.25, 0.3) is 0 Å². The van der Waals surface area contributed by atoms with Crippen molar-refractivity contribution in [2.24, 2.45) is 17.8 Å². The topological polar surface area (TPSA) is 58.6 Å². The Morgan fingerprint density at radius 3 is 2.88 bits per heavy atom. The molecule has 5 unspecified atom stereocenters. The van der Waals surface area contributed by atoms with Gasteiger partial charge in [-0.25, -0.2) is 0 Å². The molecule has 0 saturated heterocycles. The third-order valence-corrected chi connectivity index (χ3v) is 6.48. The van der Waals surface area contributed by atoms with E-state index < -0.39 is 5.60 Å². The summed E-state index contributed by atoms with van der Waals surface area (Å²) in [6.07, 6.45) is 7.54. The number of fused-ring (bicyclic) bond motifs is 2. The predicted molar refractivity (Wildman–Crippen MR) is 96.2 cm³/mol. The van der Waals surface area contributed by atoms with Gasteiger partial charge >= 0.3 is 0 Å². The lowest BCUT2D eigenvalue weighted by atomic mass is 9.77. The summed E-state index contributed by atoms with van der Waals surface area (Å²) in [6, 6.07) is 9.98. The molecule has 0 aromatic heterocycles. The number of ether oxygens (including phenoxy) is 1. The third-order valence-electron chi connectivity index (χ3n) is 6.48. The second-order valence-corrected chi connectivity index (χ2v) is 8.38. The highest BCUT2D eigenvalue weighted by Gasteiger charge is 2.53. The number of para-hydroxylation sites is 1. The first kappa shape index (κ1) is 16.9. The molecule has 5 atom stereocenters. The Labute approximate surface area is 150 Å². The van der Waals surface area contributed by atoms with Gasteiger partial charge in [-0.15, -0.1) is 0 Å². The van der Waals surface area contributed by atoms with Gasteiger partial charge in [-0.05, 0) is 74.8 Å². The van der Waals surface area contributed by atoms with E-state index >= 15 is 0 Å². The SMILES string of the molecule is O=C(CCCOc1ccccc1)NC1CCC2CC3CC(O)(C2)CC31. The number of nitrogens with one attached hydrogen (secondary N) is 1. The quantitative estimate of drug-likeness (QED) is 0.779. The van der Waals surface area contributed by atoms with Gasteiger partial charge in [0.15, 0.2) is 0 Å². The fourth-order valence-electron chi connectivity index (χ4n) is 5.52. The van der Waals surface area contributed by atoms with Gasteiger partial charge in [0.2, 0.25) is 5.91 Å². The molecule has 0 radical (unpaired) electrons. The summed E-state index contributed by atoms with van der Waals surface area (Å²) in [5, 5.41) is 14.0. The fourth-order valence-corrected chi connectivity index (χ4v) is 5.52. The first-order chi connectivity index (χ1) is 12.1. The largest absolute Gasteiger partial charge is 0.494 e. The molecule has 25 heavy (non-hydrogen) atoms.